The van der Waals surface area contributed by atoms with E-state index >= 15 is 0 Å². The van der Waals surface area contributed by atoms with E-state index < -0.39 is 0 Å². The summed E-state index contributed by atoms with van der Waals surface area (Å²) in [5.41, 5.74) is 2.39. The number of hydrogen-bond acceptors (Lipinski definition) is 1. The van der Waals surface area contributed by atoms with Gasteiger partial charge in [-0.3, -0.25) is 0 Å². The molecule has 0 heterocycles. The van der Waals surface area contributed by atoms with Crippen molar-refractivity contribution >= 4 is 17.6 Å². The number of carbonyl (C=O) groups is 1. The molecule has 0 fully saturated rings. The first-order valence-electron chi connectivity index (χ1n) is 7.06. The first-order chi connectivity index (χ1) is 10.5. The Morgan fingerprint density at radius 3 is 2.68 bits per heavy atom. The second-order valence-electron chi connectivity index (χ2n) is 5.07. The van der Waals surface area contributed by atoms with Gasteiger partial charge in [0.15, 0.2) is 0 Å². The predicted molar refractivity (Wildman–Crippen MR) is 86.5 cm³/mol. The molecule has 0 unspecified atom stereocenters. The summed E-state index contributed by atoms with van der Waals surface area (Å²) in [7, 11) is 0. The summed E-state index contributed by atoms with van der Waals surface area (Å²) in [6.07, 6.45) is 0.702. The number of hydrogen-bond donors (Lipinski definition) is 2. The molecular formula is C17H18ClFN2O. The fourth-order valence-corrected chi connectivity index (χ4v) is 2.22. The largest absolute Gasteiger partial charge is 0.338 e. The van der Waals surface area contributed by atoms with Gasteiger partial charge in [0.25, 0.3) is 0 Å². The van der Waals surface area contributed by atoms with Gasteiger partial charge in [-0.25, -0.2) is 9.18 Å². The lowest BCUT2D eigenvalue weighted by atomic mass is 10.1. The molecule has 0 aliphatic carbocycles. The maximum atomic E-state index is 13.4. The zero-order valence-electron chi connectivity index (χ0n) is 12.3. The summed E-state index contributed by atoms with van der Waals surface area (Å²) in [4.78, 5) is 11.7. The molecule has 0 aliphatic heterocycles. The summed E-state index contributed by atoms with van der Waals surface area (Å²) < 4.78 is 13.4. The molecule has 2 amide bonds. The van der Waals surface area contributed by atoms with E-state index in [1.165, 1.54) is 6.07 Å². The fraction of sp³-hybridized carbons (Fsp3) is 0.235. The molecule has 0 saturated heterocycles. The van der Waals surface area contributed by atoms with Crippen LogP contribution in [0.4, 0.5) is 9.18 Å². The van der Waals surface area contributed by atoms with E-state index in [-0.39, 0.29) is 11.8 Å². The van der Waals surface area contributed by atoms with Crippen LogP contribution in [0.3, 0.4) is 0 Å². The molecule has 22 heavy (non-hydrogen) atoms. The molecule has 2 aromatic carbocycles. The number of halogens is 2. The van der Waals surface area contributed by atoms with Crippen LogP contribution in [0.1, 0.15) is 16.7 Å². The highest BCUT2D eigenvalue weighted by Gasteiger charge is 2.03. The third-order valence-corrected chi connectivity index (χ3v) is 3.51. The van der Waals surface area contributed by atoms with Crippen molar-refractivity contribution in [3.63, 3.8) is 0 Å². The fourth-order valence-electron chi connectivity index (χ4n) is 2.00. The van der Waals surface area contributed by atoms with Gasteiger partial charge in [-0.2, -0.15) is 0 Å². The summed E-state index contributed by atoms with van der Waals surface area (Å²) in [6, 6.07) is 12.2. The zero-order chi connectivity index (χ0) is 15.9. The molecule has 0 aliphatic rings. The van der Waals surface area contributed by atoms with Gasteiger partial charge in [0.1, 0.15) is 5.82 Å². The number of amides is 2. The average molecular weight is 321 g/mol. The summed E-state index contributed by atoms with van der Waals surface area (Å²) in [6.45, 7) is 2.50. The Kier molecular flexibility index (Phi) is 5.78. The Balaban J connectivity index is 1.72. The lowest BCUT2D eigenvalue weighted by molar-refractivity contribution is 0.240. The van der Waals surface area contributed by atoms with Crippen LogP contribution in [-0.2, 0) is 13.0 Å². The van der Waals surface area contributed by atoms with Gasteiger partial charge in [0.2, 0.25) is 0 Å². The van der Waals surface area contributed by atoms with Crippen LogP contribution in [0.15, 0.2) is 42.5 Å². The predicted octanol–water partition coefficient (Wildman–Crippen LogP) is 3.83. The second kappa shape index (κ2) is 7.80. The minimum absolute atomic E-state index is 0.263. The second-order valence-corrected chi connectivity index (χ2v) is 5.51. The number of carbonyl (C=O) groups excluding carboxylic acids is 1. The van der Waals surface area contributed by atoms with Gasteiger partial charge < -0.3 is 10.6 Å². The van der Waals surface area contributed by atoms with Crippen LogP contribution >= 0.6 is 11.6 Å². The van der Waals surface area contributed by atoms with Gasteiger partial charge in [-0.15, -0.1) is 0 Å². The molecule has 0 bridgehead atoms. The molecule has 2 N–H and O–H groups in total. The van der Waals surface area contributed by atoms with Gasteiger partial charge >= 0.3 is 6.03 Å². The smallest absolute Gasteiger partial charge is 0.315 e. The Morgan fingerprint density at radius 1 is 1.14 bits per heavy atom. The first kappa shape index (κ1) is 16.3. The normalized spacial score (nSPS) is 10.3. The number of urea groups is 1. The summed E-state index contributed by atoms with van der Waals surface area (Å²) in [5.74, 6) is -0.263. The van der Waals surface area contributed by atoms with Gasteiger partial charge in [0.05, 0.1) is 0 Å². The molecular weight excluding hydrogens is 303 g/mol. The van der Waals surface area contributed by atoms with E-state index in [9.17, 15) is 9.18 Å². The van der Waals surface area contributed by atoms with Crippen LogP contribution in [0, 0.1) is 12.7 Å². The quantitative estimate of drug-likeness (QED) is 0.863. The van der Waals surface area contributed by atoms with Crippen LogP contribution in [0.25, 0.3) is 0 Å². The summed E-state index contributed by atoms with van der Waals surface area (Å²) in [5, 5.41) is 6.14. The van der Waals surface area contributed by atoms with Crippen molar-refractivity contribution in [2.45, 2.75) is 19.9 Å². The Hall–Kier alpha value is -2.07. The minimum atomic E-state index is -0.275. The third kappa shape index (κ3) is 5.04. The zero-order valence-corrected chi connectivity index (χ0v) is 13.1. The molecule has 2 aromatic rings. The number of aryl methyl sites for hydroxylation is 1. The molecule has 0 aromatic heterocycles. The van der Waals surface area contributed by atoms with Crippen LogP contribution in [0.2, 0.25) is 5.02 Å². The first-order valence-corrected chi connectivity index (χ1v) is 7.43. The standard InChI is InChI=1S/C17H18ClFN2O/c1-12-5-6-14(10-16(12)19)11-21-17(22)20-8-7-13-3-2-4-15(18)9-13/h2-6,9-10H,7-8,11H2,1H3,(H2,20,21,22). The summed E-state index contributed by atoms with van der Waals surface area (Å²) >= 11 is 5.90. The Labute approximate surface area is 134 Å². The highest BCUT2D eigenvalue weighted by molar-refractivity contribution is 6.30. The highest BCUT2D eigenvalue weighted by atomic mass is 35.5. The van der Waals surface area contributed by atoms with E-state index in [1.54, 1.807) is 19.1 Å². The van der Waals surface area contributed by atoms with Crippen LogP contribution in [0.5, 0.6) is 0 Å². The van der Waals surface area contributed by atoms with E-state index in [4.69, 9.17) is 11.6 Å². The number of nitrogens with one attached hydrogen (secondary N) is 2. The van der Waals surface area contributed by atoms with Crippen molar-refractivity contribution in [2.24, 2.45) is 0 Å². The van der Waals surface area contributed by atoms with E-state index in [0.717, 1.165) is 11.1 Å². The van der Waals surface area contributed by atoms with E-state index in [1.807, 2.05) is 24.3 Å². The van der Waals surface area contributed by atoms with Crippen molar-refractivity contribution in [1.29, 1.82) is 0 Å². The van der Waals surface area contributed by atoms with Gasteiger partial charge in [-0.1, -0.05) is 35.9 Å². The van der Waals surface area contributed by atoms with Gasteiger partial charge in [0, 0.05) is 18.1 Å². The molecule has 0 radical (unpaired) electrons. The molecule has 2 rings (SSSR count). The van der Waals surface area contributed by atoms with Crippen molar-refractivity contribution in [1.82, 2.24) is 10.6 Å². The van der Waals surface area contributed by atoms with Crippen LogP contribution in [-0.4, -0.2) is 12.6 Å². The Morgan fingerprint density at radius 2 is 1.95 bits per heavy atom. The molecule has 0 spiro atoms. The highest BCUT2D eigenvalue weighted by Crippen LogP contribution is 2.11. The van der Waals surface area contributed by atoms with Crippen molar-refractivity contribution in [3.8, 4) is 0 Å². The molecule has 116 valence electrons. The van der Waals surface area contributed by atoms with Crippen molar-refractivity contribution < 1.29 is 9.18 Å². The van der Waals surface area contributed by atoms with Gasteiger partial charge in [-0.05, 0) is 48.2 Å². The van der Waals surface area contributed by atoms with Crippen LogP contribution < -0.4 is 10.6 Å². The SMILES string of the molecule is Cc1ccc(CNC(=O)NCCc2cccc(Cl)c2)cc1F. The van der Waals surface area contributed by atoms with Crippen molar-refractivity contribution in [3.05, 3.63) is 70.0 Å². The topological polar surface area (TPSA) is 41.1 Å². The van der Waals surface area contributed by atoms with E-state index in [0.29, 0.717) is 30.1 Å². The lowest BCUT2D eigenvalue weighted by Gasteiger charge is -2.08. The molecule has 0 saturated carbocycles. The van der Waals surface area contributed by atoms with E-state index in [2.05, 4.69) is 10.6 Å². The molecule has 0 atom stereocenters. The Bertz CT molecular complexity index is 661. The maximum absolute atomic E-state index is 13.4. The monoisotopic (exact) mass is 320 g/mol. The van der Waals surface area contributed by atoms with Crippen molar-refractivity contribution in [2.75, 3.05) is 6.54 Å². The lowest BCUT2D eigenvalue weighted by Crippen LogP contribution is -2.36. The minimum Gasteiger partial charge on any atom is -0.338 e. The average Bonchev–Trinajstić information content (AvgIpc) is 2.48. The third-order valence-electron chi connectivity index (χ3n) is 3.28. The molecule has 3 nitrogen and oxygen atoms in total. The number of benzene rings is 2. The maximum Gasteiger partial charge on any atom is 0.315 e. The number of rotatable bonds is 5. The molecule has 5 heteroatoms.